The number of fused-ring (bicyclic) bond motifs is 2. The molecule has 2 aromatic carbocycles. The van der Waals surface area contributed by atoms with Crippen molar-refractivity contribution in [3.8, 4) is 0 Å². The maximum absolute atomic E-state index is 13.5. The molecule has 8 nitrogen and oxygen atoms in total. The number of carbonyl (C=O) groups is 1. The van der Waals surface area contributed by atoms with Crippen LogP contribution in [0.3, 0.4) is 0 Å². The molecule has 0 aliphatic carbocycles. The molecular weight excluding hydrogens is 485 g/mol. The largest absolute Gasteiger partial charge is 0.492 e. The summed E-state index contributed by atoms with van der Waals surface area (Å²) >= 11 is 0. The summed E-state index contributed by atoms with van der Waals surface area (Å²) < 4.78 is 65.4. The zero-order valence-corrected chi connectivity index (χ0v) is 19.3. The maximum atomic E-state index is 13.5. The van der Waals surface area contributed by atoms with Crippen molar-refractivity contribution in [1.29, 1.82) is 0 Å². The van der Waals surface area contributed by atoms with Crippen molar-refractivity contribution in [1.82, 2.24) is 9.45 Å². The number of sulfonamides is 1. The van der Waals surface area contributed by atoms with Gasteiger partial charge in [0.05, 0.1) is 17.0 Å². The van der Waals surface area contributed by atoms with Crippen molar-refractivity contribution in [2.24, 2.45) is 5.73 Å². The summed E-state index contributed by atoms with van der Waals surface area (Å²) in [5.41, 5.74) is 8.01. The van der Waals surface area contributed by atoms with E-state index in [1.165, 1.54) is 17.7 Å². The lowest BCUT2D eigenvalue weighted by molar-refractivity contribution is -0.222. The van der Waals surface area contributed by atoms with Crippen LogP contribution < -0.4 is 10.6 Å². The Bertz CT molecular complexity index is 1350. The van der Waals surface area contributed by atoms with Gasteiger partial charge in [0.15, 0.2) is 0 Å². The molecule has 12 heteroatoms. The summed E-state index contributed by atoms with van der Waals surface area (Å²) in [5, 5.41) is 0.177. The topological polar surface area (TPSA) is 106 Å². The highest BCUT2D eigenvalue weighted by Gasteiger charge is 2.44. The van der Waals surface area contributed by atoms with Gasteiger partial charge in [-0.15, -0.1) is 0 Å². The number of nitrogens with zero attached hydrogens (tertiary/aromatic N) is 3. The Balaban J connectivity index is 1.80. The third kappa shape index (κ3) is 5.24. The summed E-state index contributed by atoms with van der Waals surface area (Å²) in [6.07, 6.45) is -3.73. The number of pyridine rings is 1. The number of aromatic nitrogens is 1. The lowest BCUT2D eigenvalue weighted by Gasteiger charge is -2.25. The first-order chi connectivity index (χ1) is 16.6. The Morgan fingerprint density at radius 3 is 2.51 bits per heavy atom. The van der Waals surface area contributed by atoms with Gasteiger partial charge in [0.1, 0.15) is 5.82 Å². The Labute approximate surface area is 200 Å². The minimum Gasteiger partial charge on any atom is -0.352 e. The van der Waals surface area contributed by atoms with E-state index >= 15 is 0 Å². The van der Waals surface area contributed by atoms with Gasteiger partial charge in [-0.3, -0.25) is 0 Å². The van der Waals surface area contributed by atoms with Crippen LogP contribution in [0.4, 0.5) is 19.0 Å². The lowest BCUT2D eigenvalue weighted by atomic mass is 10.0. The number of nitrogens with two attached hydrogens (primary N) is 1. The zero-order valence-electron chi connectivity index (χ0n) is 18.5. The molecule has 1 aliphatic rings. The average Bonchev–Trinajstić information content (AvgIpc) is 3.05. The zero-order chi connectivity index (χ0) is 25.2. The van der Waals surface area contributed by atoms with Crippen LogP contribution in [0.2, 0.25) is 0 Å². The minimum atomic E-state index is -5.38. The van der Waals surface area contributed by atoms with Crippen LogP contribution in [0.5, 0.6) is 0 Å². The number of anilines is 1. The SMILES string of the molecule is NCCN(OC(=O)C(F)(F)F)S(=O)(=O)c1cc(N2CCCc3ccccc3C2)nc2ccccc12. The van der Waals surface area contributed by atoms with E-state index in [2.05, 4.69) is 9.82 Å². The van der Waals surface area contributed by atoms with Gasteiger partial charge in [-0.05, 0) is 34.5 Å². The van der Waals surface area contributed by atoms with Gasteiger partial charge in [0, 0.05) is 31.1 Å². The second-order valence-electron chi connectivity index (χ2n) is 7.99. The standard InChI is InChI=1S/C23H23F3N4O4S/c24-23(25,26)22(31)34-30(13-11-27)35(32,33)20-14-21(28-19-10-4-3-9-18(19)20)29-12-5-8-16-6-1-2-7-17(16)15-29/h1-4,6-7,9-10,14H,5,8,11-13,15,27H2. The highest BCUT2D eigenvalue weighted by molar-refractivity contribution is 7.89. The molecule has 0 amide bonds. The van der Waals surface area contributed by atoms with Crippen molar-refractivity contribution in [3.05, 3.63) is 65.7 Å². The van der Waals surface area contributed by atoms with Crippen LogP contribution in [-0.2, 0) is 32.6 Å². The predicted molar refractivity (Wildman–Crippen MR) is 123 cm³/mol. The Hall–Kier alpha value is -3.22. The number of alkyl halides is 3. The van der Waals surface area contributed by atoms with Gasteiger partial charge in [-0.25, -0.2) is 18.2 Å². The summed E-state index contributed by atoms with van der Waals surface area (Å²) in [6.45, 7) is 0.0437. The molecule has 0 spiro atoms. The molecule has 3 aromatic rings. The molecule has 2 N–H and O–H groups in total. The van der Waals surface area contributed by atoms with Crippen molar-refractivity contribution < 1.29 is 31.2 Å². The van der Waals surface area contributed by atoms with E-state index in [9.17, 15) is 26.4 Å². The summed E-state index contributed by atoms with van der Waals surface area (Å²) in [6, 6.07) is 15.6. The number of hydrogen-bond donors (Lipinski definition) is 1. The Kier molecular flexibility index (Phi) is 6.97. The van der Waals surface area contributed by atoms with Gasteiger partial charge in [0.2, 0.25) is 0 Å². The second kappa shape index (κ2) is 9.80. The van der Waals surface area contributed by atoms with Crippen LogP contribution >= 0.6 is 0 Å². The molecule has 35 heavy (non-hydrogen) atoms. The summed E-state index contributed by atoms with van der Waals surface area (Å²) in [4.78, 5) is 21.9. The quantitative estimate of drug-likeness (QED) is 0.510. The molecular formula is C23H23F3N4O4S. The molecule has 0 fully saturated rings. The van der Waals surface area contributed by atoms with Crippen molar-refractivity contribution in [3.63, 3.8) is 0 Å². The van der Waals surface area contributed by atoms with Crippen LogP contribution in [0.15, 0.2) is 59.5 Å². The van der Waals surface area contributed by atoms with E-state index in [0.29, 0.717) is 24.4 Å². The fourth-order valence-corrected chi connectivity index (χ4v) is 5.41. The smallest absolute Gasteiger partial charge is 0.352 e. The van der Waals surface area contributed by atoms with Gasteiger partial charge in [0.25, 0.3) is 10.0 Å². The molecule has 0 saturated carbocycles. The molecule has 2 heterocycles. The van der Waals surface area contributed by atoms with Crippen LogP contribution in [0.1, 0.15) is 17.5 Å². The first kappa shape index (κ1) is 24.9. The second-order valence-corrected chi connectivity index (χ2v) is 9.78. The monoisotopic (exact) mass is 508 g/mol. The molecule has 4 rings (SSSR count). The molecule has 1 aliphatic heterocycles. The van der Waals surface area contributed by atoms with E-state index in [0.717, 1.165) is 18.4 Å². The van der Waals surface area contributed by atoms with Crippen molar-refractivity contribution in [2.75, 3.05) is 24.5 Å². The van der Waals surface area contributed by atoms with Gasteiger partial charge in [-0.1, -0.05) is 42.5 Å². The van der Waals surface area contributed by atoms with Crippen LogP contribution in [0, 0.1) is 0 Å². The highest BCUT2D eigenvalue weighted by Crippen LogP contribution is 2.31. The first-order valence-electron chi connectivity index (χ1n) is 10.8. The number of benzene rings is 2. The lowest BCUT2D eigenvalue weighted by Crippen LogP contribution is -2.41. The fraction of sp³-hybridized carbons (Fsp3) is 0.304. The Morgan fingerprint density at radius 2 is 1.80 bits per heavy atom. The van der Waals surface area contributed by atoms with E-state index in [4.69, 9.17) is 5.73 Å². The normalized spacial score (nSPS) is 14.6. The van der Waals surface area contributed by atoms with E-state index < -0.39 is 28.7 Å². The van der Waals surface area contributed by atoms with Crippen molar-refractivity contribution >= 4 is 32.7 Å². The number of para-hydroxylation sites is 1. The predicted octanol–water partition coefficient (Wildman–Crippen LogP) is 3.16. The number of rotatable bonds is 6. The first-order valence-corrected chi connectivity index (χ1v) is 12.3. The molecule has 0 atom stereocenters. The number of carbonyl (C=O) groups excluding carboxylic acids is 1. The maximum Gasteiger partial charge on any atom is 0.492 e. The van der Waals surface area contributed by atoms with Crippen LogP contribution in [-0.4, -0.2) is 49.7 Å². The third-order valence-corrected chi connectivity index (χ3v) is 7.30. The fourth-order valence-electron chi connectivity index (χ4n) is 3.98. The Morgan fingerprint density at radius 1 is 1.11 bits per heavy atom. The number of hydroxylamine groups is 1. The van der Waals surface area contributed by atoms with E-state index in [1.807, 2.05) is 29.2 Å². The summed E-state index contributed by atoms with van der Waals surface area (Å²) in [5.74, 6) is -2.31. The van der Waals surface area contributed by atoms with E-state index in [-0.39, 0.29) is 21.3 Å². The molecule has 1 aromatic heterocycles. The van der Waals surface area contributed by atoms with Crippen molar-refractivity contribution in [2.45, 2.75) is 30.5 Å². The molecule has 0 bridgehead atoms. The molecule has 0 radical (unpaired) electrons. The minimum absolute atomic E-state index is 0.00783. The van der Waals surface area contributed by atoms with Gasteiger partial charge < -0.3 is 15.5 Å². The van der Waals surface area contributed by atoms with E-state index in [1.54, 1.807) is 18.2 Å². The van der Waals surface area contributed by atoms with Gasteiger partial charge in [-0.2, -0.15) is 13.2 Å². The molecule has 186 valence electrons. The average molecular weight is 509 g/mol. The molecule has 0 saturated heterocycles. The third-order valence-electron chi connectivity index (χ3n) is 5.62. The number of halogens is 3. The summed E-state index contributed by atoms with van der Waals surface area (Å²) in [7, 11) is -4.73. The highest BCUT2D eigenvalue weighted by atomic mass is 32.2. The van der Waals surface area contributed by atoms with Gasteiger partial charge >= 0.3 is 12.1 Å². The van der Waals surface area contributed by atoms with Crippen LogP contribution in [0.25, 0.3) is 10.9 Å². The molecule has 0 unspecified atom stereocenters. The number of hydrogen-bond acceptors (Lipinski definition) is 7. The number of aryl methyl sites for hydroxylation is 1.